The summed E-state index contributed by atoms with van der Waals surface area (Å²) in [5.74, 6) is 0.227. The Morgan fingerprint density at radius 3 is 2.57 bits per heavy atom. The van der Waals surface area contributed by atoms with Crippen LogP contribution in [0.15, 0.2) is 24.3 Å². The zero-order valence-corrected chi connectivity index (χ0v) is 21.4. The van der Waals surface area contributed by atoms with Crippen LogP contribution in [0.3, 0.4) is 0 Å². The number of hydrogen-bond acceptors (Lipinski definition) is 3. The van der Waals surface area contributed by atoms with E-state index in [2.05, 4.69) is 30.2 Å². The number of aromatic amines is 1. The minimum atomic E-state index is -0.943. The minimum Gasteiger partial charge on any atom is -0.465 e. The maximum atomic E-state index is 13.7. The molecule has 3 atom stereocenters. The van der Waals surface area contributed by atoms with Gasteiger partial charge in [-0.15, -0.1) is 0 Å². The normalized spacial score (nSPS) is 22.2. The number of aromatic nitrogens is 1. The highest BCUT2D eigenvalue weighted by molar-refractivity contribution is 5.99. The molecule has 2 aliphatic rings. The summed E-state index contributed by atoms with van der Waals surface area (Å²) in [4.78, 5) is 45.4. The number of piperazine rings is 1. The van der Waals surface area contributed by atoms with Gasteiger partial charge in [-0.2, -0.15) is 0 Å². The number of carbonyl (C=O) groups is 3. The molecule has 8 heteroatoms. The Balaban J connectivity index is 1.53. The Bertz CT molecular complexity index is 1120. The summed E-state index contributed by atoms with van der Waals surface area (Å²) >= 11 is 0. The van der Waals surface area contributed by atoms with Gasteiger partial charge in [-0.3, -0.25) is 9.59 Å². The second-order valence-electron chi connectivity index (χ2n) is 11.3. The molecular weight excluding hydrogens is 444 g/mol. The minimum absolute atomic E-state index is 0.0320. The molecule has 0 saturated carbocycles. The highest BCUT2D eigenvalue weighted by atomic mass is 16.4. The van der Waals surface area contributed by atoms with E-state index in [-0.39, 0.29) is 17.9 Å². The maximum absolute atomic E-state index is 13.7. The fraction of sp³-hybridized carbons (Fsp3) is 0.593. The van der Waals surface area contributed by atoms with Gasteiger partial charge in [-0.05, 0) is 64.0 Å². The van der Waals surface area contributed by atoms with Gasteiger partial charge < -0.3 is 25.2 Å². The average Bonchev–Trinajstić information content (AvgIpc) is 3.14. The summed E-state index contributed by atoms with van der Waals surface area (Å²) in [6.45, 7) is 10.3. The molecule has 2 aliphatic heterocycles. The lowest BCUT2D eigenvalue weighted by atomic mass is 9.85. The summed E-state index contributed by atoms with van der Waals surface area (Å²) in [6, 6.07) is 6.88. The third kappa shape index (κ3) is 4.88. The van der Waals surface area contributed by atoms with Crippen molar-refractivity contribution in [1.29, 1.82) is 0 Å². The molecule has 2 aromatic rings. The number of para-hydroxylation sites is 1. The summed E-state index contributed by atoms with van der Waals surface area (Å²) in [5, 5.41) is 13.6. The van der Waals surface area contributed by atoms with Crippen LogP contribution in [0.1, 0.15) is 77.6 Å². The first kappa shape index (κ1) is 25.1. The van der Waals surface area contributed by atoms with Crippen molar-refractivity contribution in [2.75, 3.05) is 6.54 Å². The fourth-order valence-corrected chi connectivity index (χ4v) is 5.62. The van der Waals surface area contributed by atoms with E-state index in [1.54, 1.807) is 0 Å². The molecule has 35 heavy (non-hydrogen) atoms. The zero-order chi connectivity index (χ0) is 25.5. The van der Waals surface area contributed by atoms with E-state index < -0.39 is 23.7 Å². The number of benzene rings is 1. The predicted octanol–water partition coefficient (Wildman–Crippen LogP) is 4.46. The molecule has 1 aromatic carbocycles. The van der Waals surface area contributed by atoms with Crippen LogP contribution in [0.2, 0.25) is 0 Å². The molecule has 3 heterocycles. The molecule has 4 rings (SSSR count). The molecule has 0 spiro atoms. The molecular formula is C27H38N4O4. The van der Waals surface area contributed by atoms with Crippen molar-refractivity contribution >= 4 is 28.8 Å². The molecule has 3 amide bonds. The second-order valence-corrected chi connectivity index (χ2v) is 11.3. The first-order valence-corrected chi connectivity index (χ1v) is 12.7. The van der Waals surface area contributed by atoms with Crippen LogP contribution >= 0.6 is 0 Å². The third-order valence-corrected chi connectivity index (χ3v) is 7.28. The van der Waals surface area contributed by atoms with E-state index in [0.717, 1.165) is 28.6 Å². The Labute approximate surface area is 207 Å². The molecule has 1 saturated heterocycles. The van der Waals surface area contributed by atoms with Crippen LogP contribution < -0.4 is 5.32 Å². The summed E-state index contributed by atoms with van der Waals surface area (Å²) in [5.41, 5.74) is 2.76. The van der Waals surface area contributed by atoms with Crippen molar-refractivity contribution < 1.29 is 19.5 Å². The Morgan fingerprint density at radius 2 is 1.91 bits per heavy atom. The number of hydrogen-bond donors (Lipinski definition) is 3. The number of nitrogens with one attached hydrogen (secondary N) is 2. The monoisotopic (exact) mass is 482 g/mol. The Hall–Kier alpha value is -3.03. The summed E-state index contributed by atoms with van der Waals surface area (Å²) in [7, 11) is 0. The quantitative estimate of drug-likeness (QED) is 0.507. The lowest BCUT2D eigenvalue weighted by Gasteiger charge is -2.47. The van der Waals surface area contributed by atoms with Crippen LogP contribution in [0.4, 0.5) is 4.79 Å². The maximum Gasteiger partial charge on any atom is 0.407 e. The van der Waals surface area contributed by atoms with E-state index in [1.165, 1.54) is 4.90 Å². The number of carbonyl (C=O) groups excluding carboxylic acids is 2. The molecule has 190 valence electrons. The van der Waals surface area contributed by atoms with Crippen LogP contribution in [-0.4, -0.2) is 62.0 Å². The molecule has 8 nitrogen and oxygen atoms in total. The highest BCUT2D eigenvalue weighted by Crippen LogP contribution is 2.41. The summed E-state index contributed by atoms with van der Waals surface area (Å²) in [6.07, 6.45) is 2.13. The van der Waals surface area contributed by atoms with E-state index in [0.29, 0.717) is 38.1 Å². The van der Waals surface area contributed by atoms with Crippen molar-refractivity contribution in [1.82, 2.24) is 20.1 Å². The zero-order valence-electron chi connectivity index (χ0n) is 21.4. The van der Waals surface area contributed by atoms with Gasteiger partial charge in [-0.1, -0.05) is 32.0 Å². The number of H-pyrrole nitrogens is 1. The van der Waals surface area contributed by atoms with Crippen molar-refractivity contribution in [2.24, 2.45) is 5.92 Å². The summed E-state index contributed by atoms with van der Waals surface area (Å²) < 4.78 is 0. The molecule has 3 N–H and O–H groups in total. The first-order chi connectivity index (χ1) is 16.5. The molecule has 1 aromatic heterocycles. The standard InChI is InChI=1S/C27H38N4O4/c1-16(2)14-21-23-18(17-10-6-7-11-19(17)28-23)15-22-24(32)29-20(25(33)31(21)22)12-8-9-13-30(26(34)35)27(3,4)5/h6-7,10-11,16,20-22,28H,8-9,12-15H2,1-5H3,(H,29,32)(H,34,35)/t20?,21?,22-/m0/s1. The van der Waals surface area contributed by atoms with Gasteiger partial charge in [-0.25, -0.2) is 4.79 Å². The van der Waals surface area contributed by atoms with Gasteiger partial charge in [0.25, 0.3) is 0 Å². The average molecular weight is 483 g/mol. The van der Waals surface area contributed by atoms with Crippen LogP contribution in [0.5, 0.6) is 0 Å². The Kier molecular flexibility index (Phi) is 6.84. The third-order valence-electron chi connectivity index (χ3n) is 7.28. The van der Waals surface area contributed by atoms with Crippen molar-refractivity contribution in [2.45, 2.75) is 90.4 Å². The highest BCUT2D eigenvalue weighted by Gasteiger charge is 2.48. The van der Waals surface area contributed by atoms with Gasteiger partial charge >= 0.3 is 6.09 Å². The fourth-order valence-electron chi connectivity index (χ4n) is 5.62. The second kappa shape index (κ2) is 9.55. The van der Waals surface area contributed by atoms with E-state index in [4.69, 9.17) is 0 Å². The van der Waals surface area contributed by atoms with Crippen LogP contribution in [0.25, 0.3) is 10.9 Å². The van der Waals surface area contributed by atoms with Crippen molar-refractivity contribution in [3.8, 4) is 0 Å². The molecule has 1 fully saturated rings. The smallest absolute Gasteiger partial charge is 0.407 e. The van der Waals surface area contributed by atoms with E-state index in [9.17, 15) is 19.5 Å². The SMILES string of the molecule is CC(C)CC1c2[nH]c3ccccc3c2C[C@H]2C(=O)NC(CCCCN(C(=O)O)C(C)(C)C)C(=O)N12. The van der Waals surface area contributed by atoms with E-state index >= 15 is 0 Å². The van der Waals surface area contributed by atoms with Gasteiger partial charge in [0.1, 0.15) is 12.1 Å². The number of amides is 3. The number of nitrogens with zero attached hydrogens (tertiary/aromatic N) is 2. The van der Waals surface area contributed by atoms with Crippen LogP contribution in [0, 0.1) is 5.92 Å². The van der Waals surface area contributed by atoms with Gasteiger partial charge in [0, 0.05) is 35.1 Å². The molecule has 0 radical (unpaired) electrons. The van der Waals surface area contributed by atoms with Gasteiger partial charge in [0.05, 0.1) is 6.04 Å². The van der Waals surface area contributed by atoms with E-state index in [1.807, 2.05) is 43.9 Å². The lowest BCUT2D eigenvalue weighted by molar-refractivity contribution is -0.154. The van der Waals surface area contributed by atoms with Crippen LogP contribution in [-0.2, 0) is 16.0 Å². The number of carboxylic acid groups (broad SMARTS) is 1. The molecule has 2 unspecified atom stereocenters. The van der Waals surface area contributed by atoms with Crippen molar-refractivity contribution in [3.63, 3.8) is 0 Å². The predicted molar refractivity (Wildman–Crippen MR) is 135 cm³/mol. The topological polar surface area (TPSA) is 106 Å². The molecule has 0 bridgehead atoms. The van der Waals surface area contributed by atoms with Gasteiger partial charge in [0.15, 0.2) is 0 Å². The lowest BCUT2D eigenvalue weighted by Crippen LogP contribution is -2.65. The number of fused-ring (bicyclic) bond motifs is 4. The number of unbranched alkanes of at least 4 members (excludes halogenated alkanes) is 1. The first-order valence-electron chi connectivity index (χ1n) is 12.7. The van der Waals surface area contributed by atoms with Crippen molar-refractivity contribution in [3.05, 3.63) is 35.5 Å². The molecule has 0 aliphatic carbocycles. The van der Waals surface area contributed by atoms with Gasteiger partial charge in [0.2, 0.25) is 11.8 Å². The largest absolute Gasteiger partial charge is 0.465 e. The Morgan fingerprint density at radius 1 is 1.20 bits per heavy atom. The number of rotatable bonds is 7.